The smallest absolute Gasteiger partial charge is 0.144 e. The van der Waals surface area contributed by atoms with Crippen LogP contribution in [-0.4, -0.2) is 23.3 Å². The highest BCUT2D eigenvalue weighted by atomic mass is 35.5. The lowest BCUT2D eigenvalue weighted by Gasteiger charge is -2.12. The highest BCUT2D eigenvalue weighted by Crippen LogP contribution is 2.30. The summed E-state index contributed by atoms with van der Waals surface area (Å²) in [6.45, 7) is -0.0404. The van der Waals surface area contributed by atoms with Gasteiger partial charge >= 0.3 is 0 Å². The van der Waals surface area contributed by atoms with Gasteiger partial charge < -0.3 is 20.6 Å². The van der Waals surface area contributed by atoms with Crippen LogP contribution in [0.2, 0.25) is 5.02 Å². The molecular weight excluding hydrogens is 404 g/mol. The van der Waals surface area contributed by atoms with E-state index in [2.05, 4.69) is 25.3 Å². The summed E-state index contributed by atoms with van der Waals surface area (Å²) in [5.74, 6) is -0.377. The average Bonchev–Trinajstić information content (AvgIpc) is 2.66. The number of hydrogen-bond donors (Lipinski definition) is 2. The van der Waals surface area contributed by atoms with Gasteiger partial charge in [-0.15, -0.1) is 0 Å². The molecule has 0 aliphatic heterocycles. The lowest BCUT2D eigenvalue weighted by atomic mass is 10.2. The number of nitrogen functional groups attached to an aromatic ring is 1. The molecule has 0 radical (unpaired) electrons. The minimum Gasteiger partial charge on any atom is -0.487 e. The third kappa shape index (κ3) is 5.29. The number of benzene rings is 2. The Balaban J connectivity index is 1.75. The summed E-state index contributed by atoms with van der Waals surface area (Å²) in [6, 6.07) is 8.10. The molecule has 3 rings (SSSR count). The Hall–Kier alpha value is -3.46. The first kappa shape index (κ1) is 20.3. The molecule has 0 atom stereocenters. The largest absolute Gasteiger partial charge is 0.487 e. The first-order chi connectivity index (χ1) is 14.0. The molecule has 0 spiro atoms. The molecule has 7 nitrogen and oxygen atoms in total. The normalized spacial score (nSPS) is 10.9. The molecule has 150 valence electrons. The quantitative estimate of drug-likeness (QED) is 0.438. The molecule has 0 aliphatic rings. The van der Waals surface area contributed by atoms with Crippen molar-refractivity contribution in [2.24, 2.45) is 5.16 Å². The number of nitrogens with two attached hydrogens (primary N) is 1. The minimum atomic E-state index is -0.675. The van der Waals surface area contributed by atoms with Crippen molar-refractivity contribution in [1.29, 1.82) is 0 Å². The van der Waals surface area contributed by atoms with Crippen LogP contribution in [0, 0.1) is 11.6 Å². The molecule has 0 aliphatic carbocycles. The van der Waals surface area contributed by atoms with Crippen LogP contribution in [0.4, 0.5) is 26.1 Å². The fourth-order valence-corrected chi connectivity index (χ4v) is 2.66. The fourth-order valence-electron chi connectivity index (χ4n) is 2.43. The van der Waals surface area contributed by atoms with Crippen LogP contribution >= 0.6 is 11.6 Å². The van der Waals surface area contributed by atoms with Crippen molar-refractivity contribution in [2.45, 2.75) is 6.61 Å². The van der Waals surface area contributed by atoms with E-state index < -0.39 is 11.6 Å². The summed E-state index contributed by atoms with van der Waals surface area (Å²) in [4.78, 5) is 12.7. The van der Waals surface area contributed by atoms with Gasteiger partial charge in [0.1, 0.15) is 49.1 Å². The van der Waals surface area contributed by atoms with Gasteiger partial charge in [-0.2, -0.15) is 0 Å². The number of hydrogen-bond acceptors (Lipinski definition) is 7. The summed E-state index contributed by atoms with van der Waals surface area (Å²) < 4.78 is 32.1. The Labute approximate surface area is 170 Å². The van der Waals surface area contributed by atoms with Crippen molar-refractivity contribution in [3.63, 3.8) is 0 Å². The molecule has 1 aromatic heterocycles. The average molecular weight is 420 g/mol. The van der Waals surface area contributed by atoms with Gasteiger partial charge in [0.25, 0.3) is 0 Å². The summed E-state index contributed by atoms with van der Waals surface area (Å²) in [5, 5.41) is 7.03. The summed E-state index contributed by atoms with van der Waals surface area (Å²) in [6.07, 6.45) is 2.69. The standard InChI is InChI=1S/C19H16ClF2N5O2/c1-28-26-8-15-18(23)24-10-25-19(15)27-14-2-3-17(16(20)7-14)29-9-11-4-12(21)6-13(22)5-11/h2-8,10H,9H2,1H3,(H3,23,24,25,27). The van der Waals surface area contributed by atoms with E-state index in [1.54, 1.807) is 18.2 Å². The molecule has 29 heavy (non-hydrogen) atoms. The molecule has 10 heteroatoms. The Kier molecular flexibility index (Phi) is 6.40. The number of oxime groups is 1. The number of rotatable bonds is 7. The SMILES string of the molecule is CON=Cc1c(N)ncnc1Nc1ccc(OCc2cc(F)cc(F)c2)c(Cl)c1. The van der Waals surface area contributed by atoms with Gasteiger partial charge in [-0.25, -0.2) is 18.7 Å². The van der Waals surface area contributed by atoms with E-state index in [1.165, 1.54) is 31.8 Å². The molecule has 0 saturated carbocycles. The Morgan fingerprint density at radius 2 is 1.93 bits per heavy atom. The maximum atomic E-state index is 13.3. The number of nitrogens with zero attached hydrogens (tertiary/aromatic N) is 3. The molecule has 0 amide bonds. The van der Waals surface area contributed by atoms with E-state index in [1.807, 2.05) is 0 Å². The Morgan fingerprint density at radius 1 is 1.17 bits per heavy atom. The van der Waals surface area contributed by atoms with Crippen molar-refractivity contribution < 1.29 is 18.4 Å². The number of nitrogens with one attached hydrogen (secondary N) is 1. The molecule has 0 fully saturated rings. The van der Waals surface area contributed by atoms with Gasteiger partial charge in [0.05, 0.1) is 16.8 Å². The van der Waals surface area contributed by atoms with Crippen molar-refractivity contribution in [3.05, 3.63) is 70.5 Å². The van der Waals surface area contributed by atoms with E-state index >= 15 is 0 Å². The van der Waals surface area contributed by atoms with Gasteiger partial charge in [0.15, 0.2) is 0 Å². The first-order valence-corrected chi connectivity index (χ1v) is 8.65. The molecule has 0 bridgehead atoms. The second kappa shape index (κ2) is 9.16. The molecule has 1 heterocycles. The van der Waals surface area contributed by atoms with Crippen LogP contribution in [0.5, 0.6) is 5.75 Å². The van der Waals surface area contributed by atoms with E-state index in [-0.39, 0.29) is 12.4 Å². The lowest BCUT2D eigenvalue weighted by molar-refractivity contribution is 0.215. The van der Waals surface area contributed by atoms with Crippen molar-refractivity contribution in [3.8, 4) is 5.75 Å². The molecular formula is C19H16ClF2N5O2. The monoisotopic (exact) mass is 419 g/mol. The summed E-state index contributed by atoms with van der Waals surface area (Å²) in [7, 11) is 1.40. The molecule has 3 aromatic rings. The Morgan fingerprint density at radius 3 is 2.62 bits per heavy atom. The lowest BCUT2D eigenvalue weighted by Crippen LogP contribution is -2.05. The van der Waals surface area contributed by atoms with Gasteiger partial charge in [-0.3, -0.25) is 0 Å². The molecule has 2 aromatic carbocycles. The van der Waals surface area contributed by atoms with Crippen LogP contribution in [0.25, 0.3) is 0 Å². The maximum Gasteiger partial charge on any atom is 0.144 e. The minimum absolute atomic E-state index is 0.0404. The fraction of sp³-hybridized carbons (Fsp3) is 0.105. The number of halogens is 3. The van der Waals surface area contributed by atoms with Gasteiger partial charge in [0, 0.05) is 11.8 Å². The highest BCUT2D eigenvalue weighted by Gasteiger charge is 2.10. The maximum absolute atomic E-state index is 13.3. The van der Waals surface area contributed by atoms with E-state index in [0.717, 1.165) is 6.07 Å². The first-order valence-electron chi connectivity index (χ1n) is 8.27. The molecule has 0 unspecified atom stereocenters. The van der Waals surface area contributed by atoms with Crippen LogP contribution < -0.4 is 15.8 Å². The zero-order chi connectivity index (χ0) is 20.8. The summed E-state index contributed by atoms with van der Waals surface area (Å²) >= 11 is 6.26. The highest BCUT2D eigenvalue weighted by molar-refractivity contribution is 6.32. The third-order valence-electron chi connectivity index (χ3n) is 3.71. The zero-order valence-corrected chi connectivity index (χ0v) is 16.0. The van der Waals surface area contributed by atoms with Gasteiger partial charge in [0.2, 0.25) is 0 Å². The number of ether oxygens (including phenoxy) is 1. The van der Waals surface area contributed by atoms with Crippen LogP contribution in [0.1, 0.15) is 11.1 Å². The molecule has 3 N–H and O–H groups in total. The van der Waals surface area contributed by atoms with Crippen LogP contribution in [-0.2, 0) is 11.4 Å². The van der Waals surface area contributed by atoms with Crippen molar-refractivity contribution in [1.82, 2.24) is 9.97 Å². The predicted octanol–water partition coefficient (Wildman–Crippen LogP) is 4.29. The van der Waals surface area contributed by atoms with Crippen LogP contribution in [0.15, 0.2) is 47.9 Å². The van der Waals surface area contributed by atoms with Gasteiger partial charge in [-0.1, -0.05) is 16.8 Å². The second-order valence-corrected chi connectivity index (χ2v) is 6.18. The van der Waals surface area contributed by atoms with Crippen molar-refractivity contribution >= 4 is 35.1 Å². The van der Waals surface area contributed by atoms with Crippen molar-refractivity contribution in [2.75, 3.05) is 18.2 Å². The molecule has 0 saturated heterocycles. The Bertz CT molecular complexity index is 1030. The van der Waals surface area contributed by atoms with E-state index in [0.29, 0.717) is 33.4 Å². The number of aromatic nitrogens is 2. The van der Waals surface area contributed by atoms with E-state index in [9.17, 15) is 8.78 Å². The number of anilines is 3. The topological polar surface area (TPSA) is 94.7 Å². The predicted molar refractivity (Wildman–Crippen MR) is 106 cm³/mol. The summed E-state index contributed by atoms with van der Waals surface area (Å²) in [5.41, 5.74) is 7.24. The van der Waals surface area contributed by atoms with Gasteiger partial charge in [-0.05, 0) is 35.9 Å². The second-order valence-electron chi connectivity index (χ2n) is 5.77. The van der Waals surface area contributed by atoms with Crippen LogP contribution in [0.3, 0.4) is 0 Å². The third-order valence-corrected chi connectivity index (χ3v) is 4.01. The van der Waals surface area contributed by atoms with E-state index in [4.69, 9.17) is 22.1 Å². The zero-order valence-electron chi connectivity index (χ0n) is 15.2.